The van der Waals surface area contributed by atoms with Gasteiger partial charge in [0.05, 0.1) is 25.2 Å². The lowest BCUT2D eigenvalue weighted by Gasteiger charge is -2.20. The lowest BCUT2D eigenvalue weighted by Crippen LogP contribution is -2.16. The summed E-state index contributed by atoms with van der Waals surface area (Å²) in [5.41, 5.74) is 3.06. The molecule has 31 heavy (non-hydrogen) atoms. The van der Waals surface area contributed by atoms with Crippen LogP contribution in [-0.4, -0.2) is 24.9 Å². The smallest absolute Gasteiger partial charge is 0.271 e. The van der Waals surface area contributed by atoms with Gasteiger partial charge in [0.15, 0.2) is 17.3 Å². The molecule has 0 fully saturated rings. The van der Waals surface area contributed by atoms with Crippen molar-refractivity contribution in [3.63, 3.8) is 0 Å². The molecule has 7 nitrogen and oxygen atoms in total. The number of Topliss-reactive ketones (excluding diaryl/α,β-unsaturated/α-hetero) is 1. The van der Waals surface area contributed by atoms with Crippen LogP contribution in [0.5, 0.6) is 11.5 Å². The summed E-state index contributed by atoms with van der Waals surface area (Å²) in [5.74, 6) is 0.931. The minimum atomic E-state index is -0.444. The van der Waals surface area contributed by atoms with Crippen LogP contribution in [0.3, 0.4) is 0 Å². The van der Waals surface area contributed by atoms with Crippen molar-refractivity contribution < 1.29 is 19.2 Å². The molecule has 0 aromatic heterocycles. The average Bonchev–Trinajstić information content (AvgIpc) is 2.78. The minimum Gasteiger partial charge on any atom is -0.493 e. The van der Waals surface area contributed by atoms with Gasteiger partial charge in [-0.3, -0.25) is 14.9 Å². The van der Waals surface area contributed by atoms with Crippen molar-refractivity contribution in [2.45, 2.75) is 19.4 Å². The number of ether oxygens (including phenoxy) is 2. The van der Waals surface area contributed by atoms with E-state index >= 15 is 0 Å². The number of non-ortho nitro benzene ring substituents is 1. The quantitative estimate of drug-likeness (QED) is 0.285. The number of nitro groups is 1. The second kappa shape index (κ2) is 9.75. The highest BCUT2D eigenvalue weighted by Gasteiger charge is 2.19. The van der Waals surface area contributed by atoms with Gasteiger partial charge >= 0.3 is 0 Å². The fraction of sp³-hybridized carbons (Fsp3) is 0.208. The van der Waals surface area contributed by atoms with Crippen LogP contribution in [0.2, 0.25) is 0 Å². The Balaban J connectivity index is 1.90. The predicted octanol–water partition coefficient (Wildman–Crippen LogP) is 5.35. The second-order valence-corrected chi connectivity index (χ2v) is 7.11. The summed E-state index contributed by atoms with van der Waals surface area (Å²) in [7, 11) is 3.06. The van der Waals surface area contributed by atoms with E-state index in [1.807, 2.05) is 31.2 Å². The maximum Gasteiger partial charge on any atom is 0.271 e. The summed E-state index contributed by atoms with van der Waals surface area (Å²) < 4.78 is 10.5. The van der Waals surface area contributed by atoms with Gasteiger partial charge in [-0.05, 0) is 36.8 Å². The molecule has 0 heterocycles. The average molecular weight is 420 g/mol. The van der Waals surface area contributed by atoms with Crippen LogP contribution in [-0.2, 0) is 0 Å². The van der Waals surface area contributed by atoms with E-state index in [0.29, 0.717) is 22.7 Å². The highest BCUT2D eigenvalue weighted by Crippen LogP contribution is 2.31. The molecule has 1 unspecified atom stereocenters. The number of rotatable bonds is 9. The molecule has 160 valence electrons. The molecule has 0 spiro atoms. The summed E-state index contributed by atoms with van der Waals surface area (Å²) >= 11 is 0. The van der Waals surface area contributed by atoms with Crippen molar-refractivity contribution in [3.05, 3.63) is 93.5 Å². The first-order valence-electron chi connectivity index (χ1n) is 9.74. The van der Waals surface area contributed by atoms with Crippen molar-refractivity contribution in [3.8, 4) is 11.5 Å². The molecule has 0 aliphatic rings. The Morgan fingerprint density at radius 1 is 1.00 bits per heavy atom. The molecule has 7 heteroatoms. The van der Waals surface area contributed by atoms with Gasteiger partial charge < -0.3 is 14.8 Å². The van der Waals surface area contributed by atoms with E-state index in [2.05, 4.69) is 5.32 Å². The zero-order valence-corrected chi connectivity index (χ0v) is 17.6. The standard InChI is InChI=1S/C24H24N2O5/c1-16-7-9-17(10-8-16)21(25-19-5-4-6-20(14-19)26(28)29)15-22(27)18-11-12-23(30-2)24(13-18)31-3/h4-14,21,25H,15H2,1-3H3. The number of ketones is 1. The summed E-state index contributed by atoms with van der Waals surface area (Å²) in [5, 5.41) is 14.4. The number of carbonyl (C=O) groups is 1. The Morgan fingerprint density at radius 3 is 2.35 bits per heavy atom. The van der Waals surface area contributed by atoms with Crippen molar-refractivity contribution in [2.75, 3.05) is 19.5 Å². The lowest BCUT2D eigenvalue weighted by molar-refractivity contribution is -0.384. The van der Waals surface area contributed by atoms with E-state index in [4.69, 9.17) is 9.47 Å². The number of nitrogens with one attached hydrogen (secondary N) is 1. The fourth-order valence-electron chi connectivity index (χ4n) is 3.27. The molecular weight excluding hydrogens is 396 g/mol. The van der Waals surface area contributed by atoms with Crippen molar-refractivity contribution in [2.24, 2.45) is 0 Å². The molecule has 1 atom stereocenters. The van der Waals surface area contributed by atoms with Gasteiger partial charge in [-0.1, -0.05) is 35.9 Å². The molecule has 0 saturated carbocycles. The molecular formula is C24H24N2O5. The van der Waals surface area contributed by atoms with E-state index in [1.54, 1.807) is 30.3 Å². The van der Waals surface area contributed by atoms with E-state index in [1.165, 1.54) is 26.4 Å². The van der Waals surface area contributed by atoms with E-state index in [-0.39, 0.29) is 23.9 Å². The first kappa shape index (κ1) is 21.8. The van der Waals surface area contributed by atoms with Crippen LogP contribution in [0.4, 0.5) is 11.4 Å². The number of hydrogen-bond donors (Lipinski definition) is 1. The molecule has 1 N–H and O–H groups in total. The van der Waals surface area contributed by atoms with Gasteiger partial charge in [-0.2, -0.15) is 0 Å². The van der Waals surface area contributed by atoms with Gasteiger partial charge in [-0.15, -0.1) is 0 Å². The van der Waals surface area contributed by atoms with Crippen LogP contribution in [0.1, 0.15) is 33.9 Å². The van der Waals surface area contributed by atoms with Crippen molar-refractivity contribution >= 4 is 17.2 Å². The number of nitrogens with zero attached hydrogens (tertiary/aromatic N) is 1. The van der Waals surface area contributed by atoms with E-state index < -0.39 is 4.92 Å². The normalized spacial score (nSPS) is 11.5. The molecule has 0 aliphatic carbocycles. The van der Waals surface area contributed by atoms with E-state index in [9.17, 15) is 14.9 Å². The maximum atomic E-state index is 13.1. The summed E-state index contributed by atoms with van der Waals surface area (Å²) in [4.78, 5) is 23.8. The zero-order valence-electron chi connectivity index (χ0n) is 17.6. The SMILES string of the molecule is COc1ccc(C(=O)CC(Nc2cccc([N+](=O)[O-])c2)c2ccc(C)cc2)cc1OC. The Labute approximate surface area is 180 Å². The highest BCUT2D eigenvalue weighted by molar-refractivity contribution is 5.97. The number of aryl methyl sites for hydroxylation is 1. The minimum absolute atomic E-state index is 0.0149. The van der Waals surface area contributed by atoms with Crippen LogP contribution in [0.15, 0.2) is 66.7 Å². The third kappa shape index (κ3) is 5.39. The second-order valence-electron chi connectivity index (χ2n) is 7.11. The Morgan fingerprint density at radius 2 is 1.71 bits per heavy atom. The number of carbonyl (C=O) groups excluding carboxylic acids is 1. The highest BCUT2D eigenvalue weighted by atomic mass is 16.6. The van der Waals surface area contributed by atoms with Crippen LogP contribution in [0, 0.1) is 17.0 Å². The Bertz CT molecular complexity index is 1080. The number of hydrogen-bond acceptors (Lipinski definition) is 6. The van der Waals surface area contributed by atoms with Crippen molar-refractivity contribution in [1.82, 2.24) is 0 Å². The number of anilines is 1. The third-order valence-electron chi connectivity index (χ3n) is 4.97. The first-order valence-corrected chi connectivity index (χ1v) is 9.74. The lowest BCUT2D eigenvalue weighted by atomic mass is 9.96. The van der Waals surface area contributed by atoms with Gasteiger partial charge in [0.1, 0.15) is 0 Å². The van der Waals surface area contributed by atoms with E-state index in [0.717, 1.165) is 11.1 Å². The summed E-state index contributed by atoms with van der Waals surface area (Å²) in [6.45, 7) is 1.99. The zero-order chi connectivity index (χ0) is 22.4. The molecule has 0 saturated heterocycles. The molecule has 0 radical (unpaired) electrons. The predicted molar refractivity (Wildman–Crippen MR) is 119 cm³/mol. The summed E-state index contributed by atoms with van der Waals surface area (Å²) in [6.07, 6.45) is 0.154. The maximum absolute atomic E-state index is 13.1. The van der Waals surface area contributed by atoms with Gasteiger partial charge in [-0.25, -0.2) is 0 Å². The molecule has 3 aromatic carbocycles. The molecule has 0 bridgehead atoms. The van der Waals surface area contributed by atoms with Gasteiger partial charge in [0.2, 0.25) is 0 Å². The first-order chi connectivity index (χ1) is 14.9. The fourth-order valence-corrected chi connectivity index (χ4v) is 3.27. The number of methoxy groups -OCH3 is 2. The Hall–Kier alpha value is -3.87. The van der Waals surface area contributed by atoms with Crippen LogP contribution < -0.4 is 14.8 Å². The van der Waals surface area contributed by atoms with Crippen LogP contribution >= 0.6 is 0 Å². The molecule has 0 amide bonds. The number of benzene rings is 3. The van der Waals surface area contributed by atoms with Gasteiger partial charge in [0.25, 0.3) is 5.69 Å². The number of nitro benzene ring substituents is 1. The molecule has 0 aliphatic heterocycles. The topological polar surface area (TPSA) is 90.7 Å². The third-order valence-corrected chi connectivity index (χ3v) is 4.97. The molecule has 3 rings (SSSR count). The van der Waals surface area contributed by atoms with Gasteiger partial charge in [0, 0.05) is 29.8 Å². The summed E-state index contributed by atoms with van der Waals surface area (Å²) in [6, 6.07) is 18.8. The Kier molecular flexibility index (Phi) is 6.87. The van der Waals surface area contributed by atoms with Crippen LogP contribution in [0.25, 0.3) is 0 Å². The monoisotopic (exact) mass is 420 g/mol. The largest absolute Gasteiger partial charge is 0.493 e. The molecule has 3 aromatic rings. The van der Waals surface area contributed by atoms with Crippen molar-refractivity contribution in [1.29, 1.82) is 0 Å².